The first-order valence-electron chi connectivity index (χ1n) is 8.25. The van der Waals surface area contributed by atoms with E-state index in [1.165, 1.54) is 36.2 Å². The molecule has 0 spiro atoms. The van der Waals surface area contributed by atoms with Crippen LogP contribution in [0.3, 0.4) is 0 Å². The average molecular weight is 386 g/mol. The van der Waals surface area contributed by atoms with Crippen molar-refractivity contribution in [2.24, 2.45) is 0 Å². The summed E-state index contributed by atoms with van der Waals surface area (Å²) in [5.74, 6) is 0.111. The first kappa shape index (κ1) is 19.1. The van der Waals surface area contributed by atoms with Crippen LogP contribution in [0.25, 0.3) is 0 Å². The van der Waals surface area contributed by atoms with Crippen molar-refractivity contribution < 1.29 is 23.6 Å². The number of nitrogens with one attached hydrogen (secondary N) is 1. The van der Waals surface area contributed by atoms with Gasteiger partial charge in [0, 0.05) is 13.2 Å². The summed E-state index contributed by atoms with van der Waals surface area (Å²) in [6.07, 6.45) is 3.10. The van der Waals surface area contributed by atoms with Crippen LogP contribution in [0.2, 0.25) is 0 Å². The minimum absolute atomic E-state index is 0.0526. The van der Waals surface area contributed by atoms with Crippen LogP contribution in [-0.2, 0) is 18.1 Å². The van der Waals surface area contributed by atoms with E-state index in [9.17, 15) is 14.9 Å². The summed E-state index contributed by atoms with van der Waals surface area (Å²) in [4.78, 5) is 22.9. The number of amides is 1. The maximum absolute atomic E-state index is 12.2. The number of aromatic nitrogens is 2. The first-order chi connectivity index (χ1) is 13.5. The van der Waals surface area contributed by atoms with E-state index in [1.807, 2.05) is 0 Å². The molecule has 1 N–H and O–H groups in total. The van der Waals surface area contributed by atoms with Crippen molar-refractivity contribution in [3.63, 3.8) is 0 Å². The largest absolute Gasteiger partial charge is 0.479 e. The third kappa shape index (κ3) is 4.54. The van der Waals surface area contributed by atoms with E-state index >= 15 is 0 Å². The number of methoxy groups -OCH3 is 1. The van der Waals surface area contributed by atoms with Gasteiger partial charge in [-0.3, -0.25) is 14.9 Å². The molecule has 0 unspecified atom stereocenters. The second-order valence-electron chi connectivity index (χ2n) is 5.92. The number of nitro benzene ring substituents is 1. The van der Waals surface area contributed by atoms with Crippen LogP contribution in [0.15, 0.2) is 47.1 Å². The van der Waals surface area contributed by atoms with Crippen molar-refractivity contribution in [3.05, 3.63) is 69.9 Å². The molecule has 0 bridgehead atoms. The minimum Gasteiger partial charge on any atom is -0.479 e. The fourth-order valence-corrected chi connectivity index (χ4v) is 2.44. The van der Waals surface area contributed by atoms with Crippen LogP contribution in [-0.4, -0.2) is 27.7 Å². The number of ether oxygens (including phenoxy) is 2. The van der Waals surface area contributed by atoms with E-state index in [0.717, 1.165) is 5.56 Å². The zero-order chi connectivity index (χ0) is 20.1. The molecule has 1 amide bonds. The molecule has 0 aliphatic carbocycles. The maximum Gasteiger partial charge on any atom is 0.311 e. The minimum atomic E-state index is -0.507. The molecule has 10 nitrogen and oxygen atoms in total. The van der Waals surface area contributed by atoms with Gasteiger partial charge < -0.3 is 19.2 Å². The van der Waals surface area contributed by atoms with Gasteiger partial charge >= 0.3 is 5.69 Å². The second kappa shape index (κ2) is 8.35. The molecule has 0 radical (unpaired) electrons. The number of rotatable bonds is 8. The lowest BCUT2D eigenvalue weighted by Gasteiger charge is -2.05. The highest BCUT2D eigenvalue weighted by Crippen LogP contribution is 2.28. The molecule has 0 fully saturated rings. The van der Waals surface area contributed by atoms with Crippen molar-refractivity contribution in [2.75, 3.05) is 12.4 Å². The number of benzene rings is 1. The maximum atomic E-state index is 12.2. The molecular weight excluding hydrogens is 368 g/mol. The highest BCUT2D eigenvalue weighted by atomic mass is 16.6. The molecule has 28 heavy (non-hydrogen) atoms. The standard InChI is InChI=1S/C18H18N4O6/c1-12-3-5-16(15(7-12)22(24)25)27-10-14-4-6-17(28-14)18(23)20-13-8-19-21(9-13)11-26-2/h3-9H,10-11H2,1-2H3,(H,20,23). The van der Waals surface area contributed by atoms with Crippen molar-refractivity contribution in [1.82, 2.24) is 9.78 Å². The number of hydrogen-bond donors (Lipinski definition) is 1. The molecule has 3 aromatic rings. The smallest absolute Gasteiger partial charge is 0.311 e. The van der Waals surface area contributed by atoms with E-state index < -0.39 is 10.8 Å². The Bertz CT molecular complexity index is 994. The summed E-state index contributed by atoms with van der Waals surface area (Å²) in [6.45, 7) is 1.97. The lowest BCUT2D eigenvalue weighted by Crippen LogP contribution is -2.10. The summed E-state index contributed by atoms with van der Waals surface area (Å²) >= 11 is 0. The summed E-state index contributed by atoms with van der Waals surface area (Å²) in [5.41, 5.74) is 1.12. The first-order valence-corrected chi connectivity index (χ1v) is 8.25. The summed E-state index contributed by atoms with van der Waals surface area (Å²) in [7, 11) is 1.54. The van der Waals surface area contributed by atoms with Crippen molar-refractivity contribution in [2.45, 2.75) is 20.3 Å². The van der Waals surface area contributed by atoms with Gasteiger partial charge in [0.1, 0.15) is 19.1 Å². The molecule has 0 atom stereocenters. The van der Waals surface area contributed by atoms with E-state index in [-0.39, 0.29) is 30.5 Å². The molecule has 0 saturated carbocycles. The van der Waals surface area contributed by atoms with Crippen LogP contribution in [0.1, 0.15) is 21.9 Å². The number of nitro groups is 1. The predicted molar refractivity (Wildman–Crippen MR) is 98.1 cm³/mol. The van der Waals surface area contributed by atoms with Gasteiger partial charge in [-0.1, -0.05) is 6.07 Å². The highest BCUT2D eigenvalue weighted by Gasteiger charge is 2.17. The molecule has 0 aliphatic rings. The van der Waals surface area contributed by atoms with Gasteiger partial charge in [-0.15, -0.1) is 0 Å². The number of carbonyl (C=O) groups excluding carboxylic acids is 1. The SMILES string of the molecule is COCn1cc(NC(=O)c2ccc(COc3ccc(C)cc3[N+](=O)[O-])o2)cn1. The topological polar surface area (TPSA) is 122 Å². The molecule has 2 heterocycles. The highest BCUT2D eigenvalue weighted by molar-refractivity contribution is 6.02. The Labute approximate surface area is 159 Å². The predicted octanol–water partition coefficient (Wildman–Crippen LogP) is 3.13. The second-order valence-corrected chi connectivity index (χ2v) is 5.92. The Kier molecular flexibility index (Phi) is 5.70. The van der Waals surface area contributed by atoms with E-state index in [2.05, 4.69) is 10.4 Å². The van der Waals surface area contributed by atoms with Crippen LogP contribution in [0, 0.1) is 17.0 Å². The van der Waals surface area contributed by atoms with Crippen molar-refractivity contribution in [1.29, 1.82) is 0 Å². The lowest BCUT2D eigenvalue weighted by molar-refractivity contribution is -0.386. The zero-order valence-corrected chi connectivity index (χ0v) is 15.2. The summed E-state index contributed by atoms with van der Waals surface area (Å²) in [6, 6.07) is 7.75. The molecule has 2 aromatic heterocycles. The van der Waals surface area contributed by atoms with Gasteiger partial charge in [0.2, 0.25) is 0 Å². The summed E-state index contributed by atoms with van der Waals surface area (Å²) < 4.78 is 17.4. The summed E-state index contributed by atoms with van der Waals surface area (Å²) in [5, 5.41) is 17.8. The third-order valence-corrected chi connectivity index (χ3v) is 3.72. The van der Waals surface area contributed by atoms with Crippen molar-refractivity contribution in [3.8, 4) is 5.75 Å². The van der Waals surface area contributed by atoms with Gasteiger partial charge in [0.15, 0.2) is 11.5 Å². The quantitative estimate of drug-likeness (QED) is 0.466. The number of hydrogen-bond acceptors (Lipinski definition) is 7. The Morgan fingerprint density at radius 2 is 2.18 bits per heavy atom. The Morgan fingerprint density at radius 3 is 2.93 bits per heavy atom. The van der Waals surface area contributed by atoms with Gasteiger partial charge in [-0.05, 0) is 30.7 Å². The number of aryl methyl sites for hydroxylation is 1. The van der Waals surface area contributed by atoms with E-state index in [1.54, 1.807) is 25.3 Å². The monoisotopic (exact) mass is 386 g/mol. The van der Waals surface area contributed by atoms with Gasteiger partial charge in [0.25, 0.3) is 5.91 Å². The van der Waals surface area contributed by atoms with Gasteiger partial charge in [-0.25, -0.2) is 4.68 Å². The number of furan rings is 1. The fourth-order valence-electron chi connectivity index (χ4n) is 2.44. The third-order valence-electron chi connectivity index (χ3n) is 3.72. The molecule has 146 valence electrons. The van der Waals surface area contributed by atoms with Crippen LogP contribution in [0.4, 0.5) is 11.4 Å². The number of anilines is 1. The molecule has 0 aliphatic heterocycles. The lowest BCUT2D eigenvalue weighted by atomic mass is 10.2. The van der Waals surface area contributed by atoms with E-state index in [0.29, 0.717) is 11.4 Å². The van der Waals surface area contributed by atoms with Crippen LogP contribution >= 0.6 is 0 Å². The molecule has 1 aromatic carbocycles. The molecule has 0 saturated heterocycles. The number of carbonyl (C=O) groups is 1. The van der Waals surface area contributed by atoms with Gasteiger partial charge in [-0.2, -0.15) is 5.10 Å². The molecule has 3 rings (SSSR count). The van der Waals surface area contributed by atoms with Crippen molar-refractivity contribution >= 4 is 17.3 Å². The van der Waals surface area contributed by atoms with Crippen LogP contribution in [0.5, 0.6) is 5.75 Å². The fraction of sp³-hybridized carbons (Fsp3) is 0.222. The average Bonchev–Trinajstić information content (AvgIpc) is 3.30. The Hall–Kier alpha value is -3.66. The van der Waals surface area contributed by atoms with Gasteiger partial charge in [0.05, 0.1) is 23.0 Å². The number of nitrogens with zero attached hydrogens (tertiary/aromatic N) is 3. The molecule has 10 heteroatoms. The normalized spacial score (nSPS) is 10.6. The van der Waals surface area contributed by atoms with Crippen LogP contribution < -0.4 is 10.1 Å². The molecular formula is C18H18N4O6. The zero-order valence-electron chi connectivity index (χ0n) is 15.2. The van der Waals surface area contributed by atoms with E-state index in [4.69, 9.17) is 13.9 Å². The Morgan fingerprint density at radius 1 is 1.36 bits per heavy atom. The Balaban J connectivity index is 1.62.